The van der Waals surface area contributed by atoms with Gasteiger partial charge in [0.05, 0.1) is 15.2 Å². The van der Waals surface area contributed by atoms with E-state index in [9.17, 15) is 4.39 Å². The summed E-state index contributed by atoms with van der Waals surface area (Å²) in [5.41, 5.74) is 1.42. The third-order valence-corrected chi connectivity index (χ3v) is 4.01. The lowest BCUT2D eigenvalue weighted by Crippen LogP contribution is -1.90. The van der Waals surface area contributed by atoms with Crippen molar-refractivity contribution in [3.05, 3.63) is 52.3 Å². The number of nitrogens with zero attached hydrogens (tertiary/aromatic N) is 1. The van der Waals surface area contributed by atoms with Gasteiger partial charge in [0.25, 0.3) is 0 Å². The average Bonchev–Trinajstić information content (AvgIpc) is 2.75. The molecular formula is C13H7Cl2FN2S. The second-order valence-electron chi connectivity index (χ2n) is 3.88. The van der Waals surface area contributed by atoms with Gasteiger partial charge in [0.1, 0.15) is 5.82 Å². The maximum absolute atomic E-state index is 13.3. The van der Waals surface area contributed by atoms with Crippen molar-refractivity contribution in [1.82, 2.24) is 4.98 Å². The van der Waals surface area contributed by atoms with Crippen LogP contribution in [0.15, 0.2) is 36.4 Å². The molecule has 0 spiro atoms. The van der Waals surface area contributed by atoms with Crippen molar-refractivity contribution >= 4 is 55.6 Å². The second-order valence-corrected chi connectivity index (χ2v) is 5.76. The van der Waals surface area contributed by atoms with Crippen LogP contribution in [0.5, 0.6) is 0 Å². The van der Waals surface area contributed by atoms with Crippen LogP contribution in [0, 0.1) is 5.82 Å². The van der Waals surface area contributed by atoms with Crippen molar-refractivity contribution in [2.24, 2.45) is 0 Å². The highest BCUT2D eigenvalue weighted by molar-refractivity contribution is 7.22. The average molecular weight is 313 g/mol. The van der Waals surface area contributed by atoms with E-state index >= 15 is 0 Å². The lowest BCUT2D eigenvalue weighted by Gasteiger charge is -2.02. The van der Waals surface area contributed by atoms with Crippen LogP contribution in [0.2, 0.25) is 10.0 Å². The van der Waals surface area contributed by atoms with Gasteiger partial charge in [-0.2, -0.15) is 0 Å². The number of hydrogen-bond acceptors (Lipinski definition) is 3. The van der Waals surface area contributed by atoms with E-state index in [1.165, 1.54) is 23.5 Å². The highest BCUT2D eigenvalue weighted by atomic mass is 35.5. The fourth-order valence-electron chi connectivity index (χ4n) is 1.65. The van der Waals surface area contributed by atoms with Gasteiger partial charge in [-0.1, -0.05) is 34.5 Å². The zero-order valence-electron chi connectivity index (χ0n) is 9.45. The molecule has 0 bridgehead atoms. The van der Waals surface area contributed by atoms with Crippen LogP contribution in [-0.2, 0) is 0 Å². The number of benzene rings is 2. The minimum Gasteiger partial charge on any atom is -0.331 e. The molecule has 1 aromatic heterocycles. The molecule has 0 saturated heterocycles. The molecule has 0 unspecified atom stereocenters. The van der Waals surface area contributed by atoms with Gasteiger partial charge in [-0.25, -0.2) is 9.37 Å². The summed E-state index contributed by atoms with van der Waals surface area (Å²) in [6.45, 7) is 0. The number of halogens is 3. The molecule has 3 rings (SSSR count). The summed E-state index contributed by atoms with van der Waals surface area (Å²) in [6.07, 6.45) is 0. The lowest BCUT2D eigenvalue weighted by atomic mass is 10.3. The summed E-state index contributed by atoms with van der Waals surface area (Å²) in [5, 5.41) is 4.47. The van der Waals surface area contributed by atoms with Crippen LogP contribution in [-0.4, -0.2) is 4.98 Å². The molecule has 6 heteroatoms. The van der Waals surface area contributed by atoms with Gasteiger partial charge in [0, 0.05) is 10.7 Å². The predicted molar refractivity (Wildman–Crippen MR) is 79.3 cm³/mol. The molecule has 0 aliphatic carbocycles. The fraction of sp³-hybridized carbons (Fsp3) is 0. The Balaban J connectivity index is 1.94. The van der Waals surface area contributed by atoms with Crippen molar-refractivity contribution in [1.29, 1.82) is 0 Å². The molecule has 0 saturated carbocycles. The topological polar surface area (TPSA) is 24.9 Å². The molecular weight excluding hydrogens is 306 g/mol. The molecule has 96 valence electrons. The van der Waals surface area contributed by atoms with Gasteiger partial charge in [-0.3, -0.25) is 0 Å². The fourth-order valence-corrected chi connectivity index (χ4v) is 2.80. The Morgan fingerprint density at radius 1 is 1.11 bits per heavy atom. The van der Waals surface area contributed by atoms with E-state index in [1.807, 2.05) is 12.1 Å². The Labute approximate surface area is 122 Å². The van der Waals surface area contributed by atoms with Crippen LogP contribution in [0.3, 0.4) is 0 Å². The molecule has 0 fully saturated rings. The largest absolute Gasteiger partial charge is 0.331 e. The summed E-state index contributed by atoms with van der Waals surface area (Å²) >= 11 is 13.0. The van der Waals surface area contributed by atoms with Crippen molar-refractivity contribution in [2.75, 3.05) is 5.32 Å². The molecule has 0 aliphatic heterocycles. The normalized spacial score (nSPS) is 10.9. The van der Waals surface area contributed by atoms with Crippen molar-refractivity contribution < 1.29 is 4.39 Å². The van der Waals surface area contributed by atoms with Gasteiger partial charge < -0.3 is 5.32 Å². The standard InChI is InChI=1S/C13H7Cl2FN2S/c14-7-1-4-12-11(5-7)18-13(19-12)17-8-2-3-9(15)10(16)6-8/h1-6H,(H,17,18). The molecule has 1 N–H and O–H groups in total. The second kappa shape index (κ2) is 4.96. The van der Waals surface area contributed by atoms with E-state index in [-0.39, 0.29) is 5.02 Å². The first-order valence-electron chi connectivity index (χ1n) is 5.40. The van der Waals surface area contributed by atoms with Crippen LogP contribution in [0.25, 0.3) is 10.2 Å². The number of thiazole rings is 1. The number of hydrogen-bond donors (Lipinski definition) is 1. The first kappa shape index (κ1) is 12.7. The number of anilines is 2. The van der Waals surface area contributed by atoms with Crippen molar-refractivity contribution in [3.63, 3.8) is 0 Å². The van der Waals surface area contributed by atoms with E-state index in [1.54, 1.807) is 12.1 Å². The SMILES string of the molecule is Fc1cc(Nc2nc3cc(Cl)ccc3s2)ccc1Cl. The van der Waals surface area contributed by atoms with Gasteiger partial charge >= 0.3 is 0 Å². The Morgan fingerprint density at radius 2 is 1.95 bits per heavy atom. The first-order valence-corrected chi connectivity index (χ1v) is 6.97. The maximum Gasteiger partial charge on any atom is 0.188 e. The van der Waals surface area contributed by atoms with Gasteiger partial charge in [-0.15, -0.1) is 0 Å². The molecule has 0 atom stereocenters. The smallest absolute Gasteiger partial charge is 0.188 e. The number of aromatic nitrogens is 1. The molecule has 19 heavy (non-hydrogen) atoms. The number of rotatable bonds is 2. The predicted octanol–water partition coefficient (Wildman–Crippen LogP) is 5.49. The summed E-state index contributed by atoms with van der Waals surface area (Å²) in [6, 6.07) is 10.0. The lowest BCUT2D eigenvalue weighted by molar-refractivity contribution is 0.629. The van der Waals surface area contributed by atoms with Crippen LogP contribution in [0.4, 0.5) is 15.2 Å². The van der Waals surface area contributed by atoms with Crippen LogP contribution < -0.4 is 5.32 Å². The van der Waals surface area contributed by atoms with E-state index in [0.29, 0.717) is 15.8 Å². The molecule has 3 aromatic rings. The van der Waals surface area contributed by atoms with Crippen LogP contribution in [0.1, 0.15) is 0 Å². The Morgan fingerprint density at radius 3 is 2.74 bits per heavy atom. The summed E-state index contributed by atoms with van der Waals surface area (Å²) < 4.78 is 14.3. The molecule has 2 nitrogen and oxygen atoms in total. The first-order chi connectivity index (χ1) is 9.11. The zero-order chi connectivity index (χ0) is 13.4. The summed E-state index contributed by atoms with van der Waals surface area (Å²) in [7, 11) is 0. The van der Waals surface area contributed by atoms with Gasteiger partial charge in [0.15, 0.2) is 5.13 Å². The van der Waals surface area contributed by atoms with E-state index < -0.39 is 5.82 Å². The van der Waals surface area contributed by atoms with E-state index in [0.717, 1.165) is 10.2 Å². The minimum absolute atomic E-state index is 0.0987. The minimum atomic E-state index is -0.462. The third-order valence-electron chi connectivity index (χ3n) is 2.52. The molecule has 0 amide bonds. The van der Waals surface area contributed by atoms with E-state index in [4.69, 9.17) is 23.2 Å². The van der Waals surface area contributed by atoms with Crippen molar-refractivity contribution in [3.8, 4) is 0 Å². The Bertz CT molecular complexity index is 757. The number of nitrogens with one attached hydrogen (secondary N) is 1. The van der Waals surface area contributed by atoms with Gasteiger partial charge in [0.2, 0.25) is 0 Å². The maximum atomic E-state index is 13.3. The highest BCUT2D eigenvalue weighted by Crippen LogP contribution is 2.30. The van der Waals surface area contributed by atoms with Gasteiger partial charge in [-0.05, 0) is 36.4 Å². The van der Waals surface area contributed by atoms with Crippen LogP contribution >= 0.6 is 34.5 Å². The monoisotopic (exact) mass is 312 g/mol. The zero-order valence-corrected chi connectivity index (χ0v) is 11.8. The Hall–Kier alpha value is -1.36. The third kappa shape index (κ3) is 2.66. The molecule has 0 aliphatic rings. The van der Waals surface area contributed by atoms with E-state index in [2.05, 4.69) is 10.3 Å². The molecule has 0 radical (unpaired) electrons. The quantitative estimate of drug-likeness (QED) is 0.677. The molecule has 2 aromatic carbocycles. The van der Waals surface area contributed by atoms with Crippen molar-refractivity contribution in [2.45, 2.75) is 0 Å². The number of fused-ring (bicyclic) bond motifs is 1. The molecule has 1 heterocycles. The Kier molecular flexibility index (Phi) is 3.31. The highest BCUT2D eigenvalue weighted by Gasteiger charge is 2.06. The summed E-state index contributed by atoms with van der Waals surface area (Å²) in [4.78, 5) is 4.39. The summed E-state index contributed by atoms with van der Waals surface area (Å²) in [5.74, 6) is -0.462.